The molecule has 0 heterocycles. The molecular weight excluding hydrogens is 262 g/mol. The van der Waals surface area contributed by atoms with Crippen LogP contribution in [0.15, 0.2) is 24.3 Å². The van der Waals surface area contributed by atoms with E-state index in [2.05, 4.69) is 0 Å². The van der Waals surface area contributed by atoms with Crippen LogP contribution < -0.4 is 0 Å². The fourth-order valence-corrected chi connectivity index (χ4v) is 1.81. The number of carboxylic acids is 1. The Morgan fingerprint density at radius 2 is 1.85 bits per heavy atom. The van der Waals surface area contributed by atoms with Gasteiger partial charge in [-0.25, -0.2) is 4.79 Å². The van der Waals surface area contributed by atoms with Gasteiger partial charge in [-0.2, -0.15) is 0 Å². The molecule has 20 heavy (non-hydrogen) atoms. The summed E-state index contributed by atoms with van der Waals surface area (Å²) in [5.74, 6) is -1.94. The zero-order chi connectivity index (χ0) is 15.3. The minimum absolute atomic E-state index is 0.0318. The molecule has 0 spiro atoms. The van der Waals surface area contributed by atoms with Crippen LogP contribution in [0.1, 0.15) is 16.8 Å². The van der Waals surface area contributed by atoms with Crippen molar-refractivity contribution in [3.05, 3.63) is 29.8 Å². The Bertz CT molecular complexity index is 493. The van der Waals surface area contributed by atoms with E-state index in [0.717, 1.165) is 0 Å². The number of quaternary nitrogens is 1. The third kappa shape index (κ3) is 5.27. The lowest BCUT2D eigenvalue weighted by molar-refractivity contribution is -0.873. The molecular formula is C14H20NO5+. The van der Waals surface area contributed by atoms with Crippen molar-refractivity contribution < 1.29 is 29.0 Å². The van der Waals surface area contributed by atoms with E-state index < -0.39 is 18.0 Å². The number of carboxylic acid groups (broad SMARTS) is 1. The number of aliphatic carboxylic acids is 1. The van der Waals surface area contributed by atoms with Gasteiger partial charge in [0.25, 0.3) is 0 Å². The van der Waals surface area contributed by atoms with Gasteiger partial charge in [-0.3, -0.25) is 4.79 Å². The number of benzene rings is 1. The molecule has 0 aliphatic rings. The molecule has 0 saturated heterocycles. The highest BCUT2D eigenvalue weighted by Gasteiger charge is 2.26. The van der Waals surface area contributed by atoms with Gasteiger partial charge in [-0.05, 0) is 12.1 Å². The minimum atomic E-state index is -1.03. The predicted molar refractivity (Wildman–Crippen MR) is 72.5 cm³/mol. The van der Waals surface area contributed by atoms with Gasteiger partial charge in [0.2, 0.25) is 0 Å². The van der Waals surface area contributed by atoms with E-state index in [1.165, 1.54) is 12.1 Å². The Balaban J connectivity index is 2.81. The summed E-state index contributed by atoms with van der Waals surface area (Å²) in [7, 11) is 5.63. The quantitative estimate of drug-likeness (QED) is 0.603. The van der Waals surface area contributed by atoms with Crippen LogP contribution in [0.2, 0.25) is 0 Å². The van der Waals surface area contributed by atoms with Crippen LogP contribution in [0, 0.1) is 0 Å². The van der Waals surface area contributed by atoms with E-state index in [-0.39, 0.29) is 17.7 Å². The van der Waals surface area contributed by atoms with Crippen LogP contribution in [0.5, 0.6) is 5.75 Å². The SMILES string of the molecule is C[N+](C)(C)C[C@H](CC(=O)O)OC(=O)c1ccccc1O. The summed E-state index contributed by atoms with van der Waals surface area (Å²) in [4.78, 5) is 22.8. The predicted octanol–water partition coefficient (Wildman–Crippen LogP) is 1.10. The van der Waals surface area contributed by atoms with E-state index in [1.54, 1.807) is 12.1 Å². The summed E-state index contributed by atoms with van der Waals surface area (Å²) in [5, 5.41) is 18.5. The number of hydrogen-bond acceptors (Lipinski definition) is 4. The first-order chi connectivity index (χ1) is 9.19. The van der Waals surface area contributed by atoms with Crippen LogP contribution >= 0.6 is 0 Å². The molecule has 0 aliphatic heterocycles. The second kappa shape index (κ2) is 6.38. The van der Waals surface area contributed by atoms with Crippen molar-refractivity contribution in [1.29, 1.82) is 0 Å². The number of nitrogens with zero attached hydrogens (tertiary/aromatic N) is 1. The number of phenolic OH excluding ortho intramolecular Hbond substituents is 1. The number of ether oxygens (including phenoxy) is 1. The molecule has 1 rings (SSSR count). The number of esters is 1. The topological polar surface area (TPSA) is 83.8 Å². The van der Waals surface area contributed by atoms with Gasteiger partial charge in [-0.15, -0.1) is 0 Å². The number of para-hydroxylation sites is 1. The number of carbonyl (C=O) groups excluding carboxylic acids is 1. The fraction of sp³-hybridized carbons (Fsp3) is 0.429. The minimum Gasteiger partial charge on any atom is -0.507 e. The zero-order valence-electron chi connectivity index (χ0n) is 11.9. The normalized spacial score (nSPS) is 12.8. The van der Waals surface area contributed by atoms with E-state index in [4.69, 9.17) is 9.84 Å². The monoisotopic (exact) mass is 282 g/mol. The average Bonchev–Trinajstić information content (AvgIpc) is 2.25. The maximum Gasteiger partial charge on any atom is 0.342 e. The highest BCUT2D eigenvalue weighted by Crippen LogP contribution is 2.18. The van der Waals surface area contributed by atoms with Crippen LogP contribution in [-0.4, -0.2) is 60.4 Å². The van der Waals surface area contributed by atoms with E-state index in [0.29, 0.717) is 11.0 Å². The molecule has 0 unspecified atom stereocenters. The van der Waals surface area contributed by atoms with Gasteiger partial charge >= 0.3 is 11.9 Å². The van der Waals surface area contributed by atoms with Gasteiger partial charge in [0.05, 0.1) is 27.6 Å². The molecule has 1 aromatic carbocycles. The van der Waals surface area contributed by atoms with Crippen LogP contribution in [0.4, 0.5) is 0 Å². The molecule has 2 N–H and O–H groups in total. The molecule has 0 bridgehead atoms. The van der Waals surface area contributed by atoms with Gasteiger partial charge in [0.1, 0.15) is 17.9 Å². The van der Waals surface area contributed by atoms with Crippen molar-refractivity contribution in [1.82, 2.24) is 0 Å². The number of rotatable bonds is 6. The smallest absolute Gasteiger partial charge is 0.342 e. The third-order valence-electron chi connectivity index (χ3n) is 2.55. The second-order valence-corrected chi connectivity index (χ2v) is 5.62. The summed E-state index contributed by atoms with van der Waals surface area (Å²) >= 11 is 0. The second-order valence-electron chi connectivity index (χ2n) is 5.62. The third-order valence-corrected chi connectivity index (χ3v) is 2.55. The van der Waals surface area contributed by atoms with E-state index >= 15 is 0 Å². The maximum atomic E-state index is 12.0. The first kappa shape index (κ1) is 16.0. The molecule has 1 aromatic rings. The number of phenols is 1. The standard InChI is InChI=1S/C14H19NO5/c1-15(2,3)9-10(8-13(17)18)20-14(19)11-6-4-5-7-12(11)16/h4-7,10H,8-9H2,1-3H3,(H-,16,17,18,19)/p+1/t10-/m0/s1. The van der Waals surface area contributed by atoms with Crippen molar-refractivity contribution in [2.45, 2.75) is 12.5 Å². The lowest BCUT2D eigenvalue weighted by atomic mass is 10.2. The summed E-state index contributed by atoms with van der Waals surface area (Å²) in [6.45, 7) is 0.367. The van der Waals surface area contributed by atoms with Gasteiger partial charge < -0.3 is 19.4 Å². The molecule has 0 aliphatic carbocycles. The van der Waals surface area contributed by atoms with Crippen LogP contribution in [0.25, 0.3) is 0 Å². The summed E-state index contributed by atoms with van der Waals surface area (Å²) in [5.41, 5.74) is 0.0318. The van der Waals surface area contributed by atoms with Crippen molar-refractivity contribution in [2.75, 3.05) is 27.7 Å². The number of aromatic hydroxyl groups is 1. The lowest BCUT2D eigenvalue weighted by Gasteiger charge is -2.28. The summed E-state index contributed by atoms with van der Waals surface area (Å²) in [6.07, 6.45) is -1.02. The van der Waals surface area contributed by atoms with Gasteiger partial charge in [0.15, 0.2) is 6.10 Å². The van der Waals surface area contributed by atoms with Crippen molar-refractivity contribution in [3.63, 3.8) is 0 Å². The Morgan fingerprint density at radius 1 is 1.25 bits per heavy atom. The van der Waals surface area contributed by atoms with E-state index in [9.17, 15) is 14.7 Å². The van der Waals surface area contributed by atoms with E-state index in [1.807, 2.05) is 21.1 Å². The molecule has 0 saturated carbocycles. The highest BCUT2D eigenvalue weighted by atomic mass is 16.5. The summed E-state index contributed by atoms with van der Waals surface area (Å²) in [6, 6.07) is 6.00. The Hall–Kier alpha value is -2.08. The lowest BCUT2D eigenvalue weighted by Crippen LogP contribution is -2.43. The molecule has 0 fully saturated rings. The Morgan fingerprint density at radius 3 is 2.35 bits per heavy atom. The first-order valence-corrected chi connectivity index (χ1v) is 6.20. The molecule has 0 radical (unpaired) electrons. The Kier molecular flexibility index (Phi) is 5.10. The van der Waals surface area contributed by atoms with Crippen molar-refractivity contribution in [2.24, 2.45) is 0 Å². The zero-order valence-corrected chi connectivity index (χ0v) is 11.9. The fourth-order valence-electron chi connectivity index (χ4n) is 1.81. The molecule has 110 valence electrons. The number of hydrogen-bond donors (Lipinski definition) is 2. The summed E-state index contributed by atoms with van der Waals surface area (Å²) < 4.78 is 5.67. The largest absolute Gasteiger partial charge is 0.507 e. The molecule has 1 atom stereocenters. The molecule has 6 heteroatoms. The first-order valence-electron chi connectivity index (χ1n) is 6.20. The average molecular weight is 282 g/mol. The van der Waals surface area contributed by atoms with Crippen LogP contribution in [-0.2, 0) is 9.53 Å². The molecule has 0 amide bonds. The number of likely N-dealkylation sites (N-methyl/N-ethyl adjacent to an activating group) is 1. The number of carbonyl (C=O) groups is 2. The van der Waals surface area contributed by atoms with Gasteiger partial charge in [0, 0.05) is 0 Å². The molecule has 6 nitrogen and oxygen atoms in total. The molecule has 0 aromatic heterocycles. The van der Waals surface area contributed by atoms with Gasteiger partial charge in [-0.1, -0.05) is 12.1 Å². The Labute approximate surface area is 117 Å². The van der Waals surface area contributed by atoms with Crippen LogP contribution in [0.3, 0.4) is 0 Å². The maximum absolute atomic E-state index is 12.0. The van der Waals surface area contributed by atoms with Crippen molar-refractivity contribution >= 4 is 11.9 Å². The van der Waals surface area contributed by atoms with Crippen molar-refractivity contribution in [3.8, 4) is 5.75 Å². The highest BCUT2D eigenvalue weighted by molar-refractivity contribution is 5.92.